The Bertz CT molecular complexity index is 512. The minimum Gasteiger partial charge on any atom is -0.494 e. The van der Waals surface area contributed by atoms with E-state index in [-0.39, 0.29) is 17.6 Å². The Kier molecular flexibility index (Phi) is 5.76. The number of hydrogen-bond acceptors (Lipinski definition) is 5. The molecule has 0 unspecified atom stereocenters. The molecule has 24 heavy (non-hydrogen) atoms. The van der Waals surface area contributed by atoms with Gasteiger partial charge in [-0.1, -0.05) is 12.1 Å². The fraction of sp³-hybridized carbons (Fsp3) is 0.684. The first-order valence-electron chi connectivity index (χ1n) is 9.12. The molecule has 3 N–H and O–H groups in total. The van der Waals surface area contributed by atoms with Crippen molar-refractivity contribution in [1.29, 1.82) is 0 Å². The van der Waals surface area contributed by atoms with E-state index in [1.165, 1.54) is 5.56 Å². The van der Waals surface area contributed by atoms with Gasteiger partial charge in [0.2, 0.25) is 0 Å². The van der Waals surface area contributed by atoms with E-state index in [2.05, 4.69) is 17.0 Å². The molecule has 1 aromatic rings. The maximum Gasteiger partial charge on any atom is 0.119 e. The number of nitrogens with zero attached hydrogens (tertiary/aromatic N) is 1. The average Bonchev–Trinajstić information content (AvgIpc) is 2.61. The molecule has 1 heterocycles. The first kappa shape index (κ1) is 17.7. The topological polar surface area (TPSA) is 68.0 Å². The van der Waals surface area contributed by atoms with Gasteiger partial charge in [0.05, 0.1) is 25.4 Å². The van der Waals surface area contributed by atoms with Crippen LogP contribution in [0.3, 0.4) is 0 Å². The minimum absolute atomic E-state index is 0.0372. The molecule has 3 rings (SSSR count). The van der Waals surface area contributed by atoms with Crippen LogP contribution in [0, 0.1) is 5.41 Å². The second-order valence-corrected chi connectivity index (χ2v) is 6.99. The summed E-state index contributed by atoms with van der Waals surface area (Å²) in [5.74, 6) is 0.927. The highest BCUT2D eigenvalue weighted by atomic mass is 16.5. The number of likely N-dealkylation sites (tertiary alicyclic amines) is 1. The van der Waals surface area contributed by atoms with Crippen molar-refractivity contribution in [1.82, 2.24) is 4.90 Å². The van der Waals surface area contributed by atoms with Gasteiger partial charge in [-0.2, -0.15) is 0 Å². The van der Waals surface area contributed by atoms with Crippen LogP contribution in [-0.2, 0) is 11.3 Å². The van der Waals surface area contributed by atoms with E-state index in [1.807, 2.05) is 19.1 Å². The van der Waals surface area contributed by atoms with Crippen molar-refractivity contribution in [3.63, 3.8) is 0 Å². The lowest BCUT2D eigenvalue weighted by Gasteiger charge is -2.56. The maximum atomic E-state index is 10.3. The van der Waals surface area contributed by atoms with Crippen LogP contribution in [0.15, 0.2) is 24.3 Å². The van der Waals surface area contributed by atoms with Gasteiger partial charge in [-0.05, 0) is 50.6 Å². The van der Waals surface area contributed by atoms with Crippen molar-refractivity contribution in [2.75, 3.05) is 32.8 Å². The summed E-state index contributed by atoms with van der Waals surface area (Å²) in [7, 11) is 0. The molecular weight excluding hydrogens is 304 g/mol. The van der Waals surface area contributed by atoms with Gasteiger partial charge in [0.1, 0.15) is 5.75 Å². The quantitative estimate of drug-likeness (QED) is 0.795. The van der Waals surface area contributed by atoms with Crippen LogP contribution >= 0.6 is 0 Å². The van der Waals surface area contributed by atoms with Crippen LogP contribution in [0.5, 0.6) is 5.75 Å². The van der Waals surface area contributed by atoms with Crippen molar-refractivity contribution >= 4 is 0 Å². The number of benzene rings is 1. The molecule has 1 saturated carbocycles. The molecule has 2 atom stereocenters. The molecular formula is C19H30N2O3. The molecule has 5 nitrogen and oxygen atoms in total. The predicted molar refractivity (Wildman–Crippen MR) is 94.0 cm³/mol. The van der Waals surface area contributed by atoms with Gasteiger partial charge < -0.3 is 20.3 Å². The Morgan fingerprint density at radius 1 is 1.25 bits per heavy atom. The molecule has 1 aliphatic carbocycles. The standard InChI is InChI=1S/C19H30N2O3/c1-2-23-16-5-3-15(4-6-16)14-21-10-7-19(8-11-21)17(22)13-18(19)24-12-9-20/h3-6,17-18,22H,2,7-14,20H2,1H3/t17-,18+/m1/s1. The van der Waals surface area contributed by atoms with Crippen LogP contribution in [0.25, 0.3) is 0 Å². The van der Waals surface area contributed by atoms with Crippen molar-refractivity contribution < 1.29 is 14.6 Å². The van der Waals surface area contributed by atoms with E-state index in [0.717, 1.165) is 44.6 Å². The zero-order valence-electron chi connectivity index (χ0n) is 14.6. The third kappa shape index (κ3) is 3.59. The Morgan fingerprint density at radius 2 is 1.96 bits per heavy atom. The number of rotatable bonds is 7. The third-order valence-electron chi connectivity index (χ3n) is 5.61. The lowest BCUT2D eigenvalue weighted by atomic mass is 9.58. The van der Waals surface area contributed by atoms with Gasteiger partial charge in [-0.3, -0.25) is 4.90 Å². The van der Waals surface area contributed by atoms with E-state index in [1.54, 1.807) is 0 Å². The second kappa shape index (κ2) is 7.83. The Labute approximate surface area is 144 Å². The summed E-state index contributed by atoms with van der Waals surface area (Å²) in [6.45, 7) is 6.80. The van der Waals surface area contributed by atoms with Crippen LogP contribution in [0.2, 0.25) is 0 Å². The van der Waals surface area contributed by atoms with Crippen LogP contribution in [-0.4, -0.2) is 55.1 Å². The van der Waals surface area contributed by atoms with Crippen LogP contribution in [0.1, 0.15) is 31.7 Å². The van der Waals surface area contributed by atoms with E-state index in [0.29, 0.717) is 19.8 Å². The SMILES string of the molecule is CCOc1ccc(CN2CCC3(CC2)[C@H](O)C[C@@H]3OCCN)cc1. The second-order valence-electron chi connectivity index (χ2n) is 6.99. The van der Waals surface area contributed by atoms with Gasteiger partial charge in [-0.25, -0.2) is 0 Å². The van der Waals surface area contributed by atoms with Crippen molar-refractivity contribution in [2.24, 2.45) is 11.1 Å². The number of aliphatic hydroxyl groups excluding tert-OH is 1. The first-order chi connectivity index (χ1) is 11.7. The van der Waals surface area contributed by atoms with Gasteiger partial charge in [0.15, 0.2) is 0 Å². The molecule has 134 valence electrons. The number of ether oxygens (including phenoxy) is 2. The minimum atomic E-state index is -0.215. The lowest BCUT2D eigenvalue weighted by molar-refractivity contribution is -0.210. The van der Waals surface area contributed by atoms with E-state index >= 15 is 0 Å². The zero-order valence-corrected chi connectivity index (χ0v) is 14.6. The number of nitrogens with two attached hydrogens (primary N) is 1. The summed E-state index contributed by atoms with van der Waals surface area (Å²) in [6.07, 6.45) is 2.73. The van der Waals surface area contributed by atoms with E-state index < -0.39 is 0 Å². The molecule has 2 fully saturated rings. The van der Waals surface area contributed by atoms with Gasteiger partial charge in [0, 0.05) is 24.9 Å². The summed E-state index contributed by atoms with van der Waals surface area (Å²) in [5, 5.41) is 10.3. The Morgan fingerprint density at radius 3 is 2.54 bits per heavy atom. The predicted octanol–water partition coefficient (Wildman–Crippen LogP) is 1.78. The maximum absolute atomic E-state index is 10.3. The molecule has 5 heteroatoms. The zero-order chi connectivity index (χ0) is 17.0. The summed E-state index contributed by atoms with van der Waals surface area (Å²) in [4.78, 5) is 2.46. The molecule has 1 spiro atoms. The molecule has 0 aromatic heterocycles. The molecule has 0 amide bonds. The average molecular weight is 334 g/mol. The lowest BCUT2D eigenvalue weighted by Crippen LogP contribution is -2.62. The fourth-order valence-corrected chi connectivity index (χ4v) is 4.07. The Balaban J connectivity index is 1.51. The highest BCUT2D eigenvalue weighted by molar-refractivity contribution is 5.27. The van der Waals surface area contributed by atoms with Gasteiger partial charge in [-0.15, -0.1) is 0 Å². The molecule has 2 aliphatic rings. The molecule has 1 saturated heterocycles. The summed E-state index contributed by atoms with van der Waals surface area (Å²) in [5.41, 5.74) is 6.81. The highest BCUT2D eigenvalue weighted by Crippen LogP contribution is 2.51. The van der Waals surface area contributed by atoms with Crippen LogP contribution in [0.4, 0.5) is 0 Å². The molecule has 1 aromatic carbocycles. The summed E-state index contributed by atoms with van der Waals surface area (Å²) < 4.78 is 11.4. The molecule has 1 aliphatic heterocycles. The van der Waals surface area contributed by atoms with Crippen LogP contribution < -0.4 is 10.5 Å². The van der Waals surface area contributed by atoms with Crippen molar-refractivity contribution in [3.05, 3.63) is 29.8 Å². The summed E-state index contributed by atoms with van der Waals surface area (Å²) >= 11 is 0. The number of aliphatic hydroxyl groups is 1. The summed E-state index contributed by atoms with van der Waals surface area (Å²) in [6, 6.07) is 8.36. The highest BCUT2D eigenvalue weighted by Gasteiger charge is 2.55. The van der Waals surface area contributed by atoms with Crippen molar-refractivity contribution in [3.8, 4) is 5.75 Å². The van der Waals surface area contributed by atoms with Crippen molar-refractivity contribution in [2.45, 2.75) is 44.9 Å². The first-order valence-corrected chi connectivity index (χ1v) is 9.12. The third-order valence-corrected chi connectivity index (χ3v) is 5.61. The number of piperidine rings is 1. The Hall–Kier alpha value is -1.14. The smallest absolute Gasteiger partial charge is 0.119 e. The number of hydrogen-bond donors (Lipinski definition) is 2. The monoisotopic (exact) mass is 334 g/mol. The van der Waals surface area contributed by atoms with E-state index in [9.17, 15) is 5.11 Å². The normalized spacial score (nSPS) is 26.3. The fourth-order valence-electron chi connectivity index (χ4n) is 4.07. The molecule has 0 bridgehead atoms. The van der Waals surface area contributed by atoms with E-state index in [4.69, 9.17) is 15.2 Å². The van der Waals surface area contributed by atoms with Gasteiger partial charge in [0.25, 0.3) is 0 Å². The molecule has 0 radical (unpaired) electrons. The van der Waals surface area contributed by atoms with Gasteiger partial charge >= 0.3 is 0 Å². The largest absolute Gasteiger partial charge is 0.494 e.